The van der Waals surface area contributed by atoms with Gasteiger partial charge in [0, 0.05) is 5.02 Å². The van der Waals surface area contributed by atoms with E-state index in [4.69, 9.17) is 11.6 Å². The summed E-state index contributed by atoms with van der Waals surface area (Å²) < 4.78 is 0. The van der Waals surface area contributed by atoms with Crippen molar-refractivity contribution in [2.75, 3.05) is 0 Å². The maximum Gasteiger partial charge on any atom is 0.121 e. The number of aromatic hydroxyl groups is 1. The molecule has 0 atom stereocenters. The van der Waals surface area contributed by atoms with Gasteiger partial charge in [-0.15, -0.1) is 0 Å². The van der Waals surface area contributed by atoms with Crippen molar-refractivity contribution < 1.29 is 5.11 Å². The number of phenolic OH excluding ortho intramolecular Hbond substituents is 1. The number of benzene rings is 1. The van der Waals surface area contributed by atoms with Gasteiger partial charge in [0.1, 0.15) is 5.75 Å². The summed E-state index contributed by atoms with van der Waals surface area (Å²) in [6.45, 7) is 7.66. The number of phenols is 1. The molecule has 12 heavy (non-hydrogen) atoms. The van der Waals surface area contributed by atoms with Crippen LogP contribution in [-0.4, -0.2) is 5.11 Å². The number of aryl methyl sites for hydroxylation is 2. The number of halogens is 1. The van der Waals surface area contributed by atoms with Crippen molar-refractivity contribution in [3.05, 3.63) is 28.3 Å². The number of hydrogen-bond donors (Lipinski definition) is 1. The van der Waals surface area contributed by atoms with Gasteiger partial charge in [-0.25, -0.2) is 0 Å². The second-order valence-electron chi connectivity index (χ2n) is 2.39. The van der Waals surface area contributed by atoms with Crippen LogP contribution in [0.2, 0.25) is 5.02 Å². The van der Waals surface area contributed by atoms with E-state index in [0.29, 0.717) is 10.8 Å². The Balaban J connectivity index is 0.000000561. The van der Waals surface area contributed by atoms with E-state index >= 15 is 0 Å². The summed E-state index contributed by atoms with van der Waals surface area (Å²) in [6, 6.07) is 3.48. The van der Waals surface area contributed by atoms with Crippen molar-refractivity contribution in [2.24, 2.45) is 0 Å². The molecule has 68 valence electrons. The average molecular weight is 187 g/mol. The van der Waals surface area contributed by atoms with Gasteiger partial charge in [-0.2, -0.15) is 0 Å². The van der Waals surface area contributed by atoms with Crippen molar-refractivity contribution in [2.45, 2.75) is 27.7 Å². The molecule has 1 rings (SSSR count). The lowest BCUT2D eigenvalue weighted by molar-refractivity contribution is 0.467. The molecule has 0 aliphatic heterocycles. The summed E-state index contributed by atoms with van der Waals surface area (Å²) in [6.07, 6.45) is 0. The smallest absolute Gasteiger partial charge is 0.121 e. The van der Waals surface area contributed by atoms with Crippen molar-refractivity contribution in [3.63, 3.8) is 0 Å². The zero-order chi connectivity index (χ0) is 9.72. The first-order valence-corrected chi connectivity index (χ1v) is 4.45. The molecule has 2 heteroatoms. The highest BCUT2D eigenvalue weighted by molar-refractivity contribution is 6.30. The third-order valence-corrected chi connectivity index (χ3v) is 1.67. The first-order chi connectivity index (χ1) is 5.61. The molecule has 0 unspecified atom stereocenters. The van der Waals surface area contributed by atoms with Crippen molar-refractivity contribution in [1.82, 2.24) is 0 Å². The normalized spacial score (nSPS) is 8.75. The minimum Gasteiger partial charge on any atom is -0.507 e. The van der Waals surface area contributed by atoms with Crippen molar-refractivity contribution in [1.29, 1.82) is 0 Å². The average Bonchev–Trinajstić information content (AvgIpc) is 2.04. The standard InChI is InChI=1S/C8H9ClO.C2H6/c1-5-3-7(9)4-6(2)8(5)10;1-2/h3-4,10H,1-2H3;1-2H3. The number of rotatable bonds is 0. The molecular formula is C10H15ClO. The lowest BCUT2D eigenvalue weighted by Crippen LogP contribution is -1.79. The summed E-state index contributed by atoms with van der Waals surface area (Å²) in [5.41, 5.74) is 1.65. The zero-order valence-corrected chi connectivity index (χ0v) is 8.74. The molecule has 0 aromatic heterocycles. The van der Waals surface area contributed by atoms with Crippen LogP contribution in [-0.2, 0) is 0 Å². The predicted molar refractivity (Wildman–Crippen MR) is 53.9 cm³/mol. The molecule has 0 aliphatic rings. The monoisotopic (exact) mass is 186 g/mol. The molecule has 0 saturated carbocycles. The Morgan fingerprint density at radius 1 is 1.08 bits per heavy atom. The molecule has 0 amide bonds. The molecule has 0 aliphatic carbocycles. The van der Waals surface area contributed by atoms with E-state index < -0.39 is 0 Å². The molecule has 1 aromatic carbocycles. The fraction of sp³-hybridized carbons (Fsp3) is 0.400. The number of hydrogen-bond acceptors (Lipinski definition) is 1. The third-order valence-electron chi connectivity index (χ3n) is 1.46. The summed E-state index contributed by atoms with van der Waals surface area (Å²) in [7, 11) is 0. The Hall–Kier alpha value is -0.690. The minimum atomic E-state index is 0.337. The van der Waals surface area contributed by atoms with E-state index in [9.17, 15) is 5.11 Å². The molecule has 1 N–H and O–H groups in total. The summed E-state index contributed by atoms with van der Waals surface area (Å²) in [5.74, 6) is 0.337. The van der Waals surface area contributed by atoms with Crippen LogP contribution in [0.3, 0.4) is 0 Å². The van der Waals surface area contributed by atoms with Gasteiger partial charge in [-0.3, -0.25) is 0 Å². The maximum atomic E-state index is 9.27. The first-order valence-electron chi connectivity index (χ1n) is 4.07. The van der Waals surface area contributed by atoms with Crippen LogP contribution in [0, 0.1) is 13.8 Å². The predicted octanol–water partition coefficient (Wildman–Crippen LogP) is 3.69. The van der Waals surface area contributed by atoms with Crippen LogP contribution in [0.25, 0.3) is 0 Å². The van der Waals surface area contributed by atoms with Gasteiger partial charge >= 0.3 is 0 Å². The van der Waals surface area contributed by atoms with E-state index in [1.165, 1.54) is 0 Å². The summed E-state index contributed by atoms with van der Waals surface area (Å²) in [5, 5.41) is 9.95. The molecule has 0 bridgehead atoms. The van der Waals surface area contributed by atoms with Crippen LogP contribution in [0.1, 0.15) is 25.0 Å². The fourth-order valence-electron chi connectivity index (χ4n) is 0.903. The molecular weight excluding hydrogens is 172 g/mol. The molecule has 1 aromatic rings. The van der Waals surface area contributed by atoms with Gasteiger partial charge in [-0.1, -0.05) is 25.4 Å². The van der Waals surface area contributed by atoms with Gasteiger partial charge in [-0.05, 0) is 37.1 Å². The molecule has 0 fully saturated rings. The molecule has 0 spiro atoms. The van der Waals surface area contributed by atoms with Gasteiger partial charge in [0.05, 0.1) is 0 Å². The van der Waals surface area contributed by atoms with Crippen molar-refractivity contribution in [3.8, 4) is 5.75 Å². The Bertz CT molecular complexity index is 233. The molecule has 0 heterocycles. The fourth-order valence-corrected chi connectivity index (χ4v) is 1.23. The highest BCUT2D eigenvalue weighted by Gasteiger charge is 2.00. The van der Waals surface area contributed by atoms with Crippen LogP contribution in [0.15, 0.2) is 12.1 Å². The van der Waals surface area contributed by atoms with E-state index in [2.05, 4.69) is 0 Å². The second kappa shape index (κ2) is 5.04. The van der Waals surface area contributed by atoms with Crippen LogP contribution in [0.5, 0.6) is 5.75 Å². The third kappa shape index (κ3) is 2.74. The maximum absolute atomic E-state index is 9.27. The summed E-state index contributed by atoms with van der Waals surface area (Å²) >= 11 is 5.71. The lowest BCUT2D eigenvalue weighted by atomic mass is 10.1. The van der Waals surface area contributed by atoms with Crippen LogP contribution >= 0.6 is 11.6 Å². The van der Waals surface area contributed by atoms with Gasteiger partial charge in [0.25, 0.3) is 0 Å². The second-order valence-corrected chi connectivity index (χ2v) is 2.82. The lowest BCUT2D eigenvalue weighted by Gasteiger charge is -2.01. The zero-order valence-electron chi connectivity index (χ0n) is 7.98. The summed E-state index contributed by atoms with van der Waals surface area (Å²) in [4.78, 5) is 0. The minimum absolute atomic E-state index is 0.337. The van der Waals surface area contributed by atoms with E-state index in [1.54, 1.807) is 12.1 Å². The van der Waals surface area contributed by atoms with Crippen molar-refractivity contribution >= 4 is 11.6 Å². The highest BCUT2D eigenvalue weighted by Crippen LogP contribution is 2.24. The molecule has 0 radical (unpaired) electrons. The van der Waals surface area contributed by atoms with E-state index in [1.807, 2.05) is 27.7 Å². The largest absolute Gasteiger partial charge is 0.507 e. The topological polar surface area (TPSA) is 20.2 Å². The van der Waals surface area contributed by atoms with Gasteiger partial charge < -0.3 is 5.11 Å². The quantitative estimate of drug-likeness (QED) is 0.655. The Labute approximate surface area is 79.0 Å². The Morgan fingerprint density at radius 3 is 1.75 bits per heavy atom. The Kier molecular flexibility index (Phi) is 4.75. The van der Waals surface area contributed by atoms with E-state index in [0.717, 1.165) is 11.1 Å². The highest BCUT2D eigenvalue weighted by atomic mass is 35.5. The van der Waals surface area contributed by atoms with Gasteiger partial charge in [0.15, 0.2) is 0 Å². The Morgan fingerprint density at radius 2 is 1.42 bits per heavy atom. The van der Waals surface area contributed by atoms with Crippen LogP contribution < -0.4 is 0 Å². The molecule has 1 nitrogen and oxygen atoms in total. The van der Waals surface area contributed by atoms with E-state index in [-0.39, 0.29) is 0 Å². The molecule has 0 saturated heterocycles. The SMILES string of the molecule is CC.Cc1cc(Cl)cc(C)c1O. The first kappa shape index (κ1) is 11.3. The van der Waals surface area contributed by atoms with Crippen LogP contribution in [0.4, 0.5) is 0 Å². The van der Waals surface area contributed by atoms with Gasteiger partial charge in [0.2, 0.25) is 0 Å².